The molecular formula is C22H23ClFN5O5. The lowest BCUT2D eigenvalue weighted by Crippen LogP contribution is -2.25. The van der Waals surface area contributed by atoms with Crippen LogP contribution in [0.4, 0.5) is 15.9 Å². The van der Waals surface area contributed by atoms with Gasteiger partial charge in [0.05, 0.1) is 23.1 Å². The molecule has 1 unspecified atom stereocenters. The predicted octanol–water partition coefficient (Wildman–Crippen LogP) is 3.05. The van der Waals surface area contributed by atoms with Gasteiger partial charge in [0.25, 0.3) is 0 Å². The van der Waals surface area contributed by atoms with Crippen molar-refractivity contribution in [3.63, 3.8) is 0 Å². The predicted molar refractivity (Wildman–Crippen MR) is 123 cm³/mol. The number of carbonyl (C=O) groups is 2. The van der Waals surface area contributed by atoms with E-state index in [4.69, 9.17) is 32.0 Å². The molecule has 2 aromatic carbocycles. The standard InChI is InChI=1S/C22H23ClFN5O5/c1-33-6-7-34-19-10-18-15(9-14(19)13(21(25)31)3-5-20(30)29-32)22(27-11-26-18)28-12-2-4-17(24)16(23)8-12/h2,4,8-11,13,32H,3,5-7H2,1H3,(H2,25,31)(H,29,30)(H,26,27,28). The largest absolute Gasteiger partial charge is 0.491 e. The van der Waals surface area contributed by atoms with Gasteiger partial charge < -0.3 is 20.5 Å². The number of rotatable bonds is 11. The third kappa shape index (κ3) is 6.07. The van der Waals surface area contributed by atoms with E-state index in [2.05, 4.69) is 15.3 Å². The Kier molecular flexibility index (Phi) is 8.52. The van der Waals surface area contributed by atoms with Crippen molar-refractivity contribution < 1.29 is 28.7 Å². The van der Waals surface area contributed by atoms with Gasteiger partial charge in [0.2, 0.25) is 11.8 Å². The van der Waals surface area contributed by atoms with Crippen LogP contribution in [0.1, 0.15) is 24.3 Å². The Labute approximate surface area is 199 Å². The highest BCUT2D eigenvalue weighted by molar-refractivity contribution is 6.31. The molecule has 0 aliphatic rings. The van der Waals surface area contributed by atoms with Crippen LogP contribution < -0.4 is 21.3 Å². The first-order valence-corrected chi connectivity index (χ1v) is 10.6. The number of nitrogens with zero attached hydrogens (tertiary/aromatic N) is 2. The van der Waals surface area contributed by atoms with Crippen LogP contribution in [0.2, 0.25) is 5.02 Å². The molecule has 0 aliphatic carbocycles. The van der Waals surface area contributed by atoms with Gasteiger partial charge in [-0.25, -0.2) is 19.8 Å². The summed E-state index contributed by atoms with van der Waals surface area (Å²) in [7, 11) is 1.53. The number of nitrogens with one attached hydrogen (secondary N) is 2. The van der Waals surface area contributed by atoms with E-state index in [1.807, 2.05) is 0 Å². The molecule has 0 aliphatic heterocycles. The van der Waals surface area contributed by atoms with Gasteiger partial charge in [0, 0.05) is 36.2 Å². The molecule has 34 heavy (non-hydrogen) atoms. The van der Waals surface area contributed by atoms with Gasteiger partial charge >= 0.3 is 0 Å². The summed E-state index contributed by atoms with van der Waals surface area (Å²) in [5.74, 6) is -2.10. The Bertz CT molecular complexity index is 1200. The quantitative estimate of drug-likeness (QED) is 0.182. The Morgan fingerprint density at radius 3 is 2.71 bits per heavy atom. The Hall–Kier alpha value is -3.54. The summed E-state index contributed by atoms with van der Waals surface area (Å²) >= 11 is 5.88. The van der Waals surface area contributed by atoms with E-state index < -0.39 is 23.5 Å². The summed E-state index contributed by atoms with van der Waals surface area (Å²) in [6.45, 7) is 0.495. The van der Waals surface area contributed by atoms with Crippen LogP contribution >= 0.6 is 11.6 Å². The number of aromatic nitrogens is 2. The molecule has 0 bridgehead atoms. The van der Waals surface area contributed by atoms with Crippen molar-refractivity contribution >= 4 is 45.8 Å². The number of hydrogen-bond donors (Lipinski definition) is 4. The van der Waals surface area contributed by atoms with Crippen LogP contribution in [0.25, 0.3) is 10.9 Å². The van der Waals surface area contributed by atoms with Crippen LogP contribution in [0.3, 0.4) is 0 Å². The molecule has 180 valence electrons. The summed E-state index contributed by atoms with van der Waals surface area (Å²) in [5.41, 5.74) is 8.58. The summed E-state index contributed by atoms with van der Waals surface area (Å²) in [4.78, 5) is 32.4. The van der Waals surface area contributed by atoms with Crippen LogP contribution in [0, 0.1) is 5.82 Å². The maximum absolute atomic E-state index is 13.5. The highest BCUT2D eigenvalue weighted by atomic mass is 35.5. The van der Waals surface area contributed by atoms with Crippen molar-refractivity contribution in [1.82, 2.24) is 15.4 Å². The topological polar surface area (TPSA) is 149 Å². The van der Waals surface area contributed by atoms with Crippen molar-refractivity contribution in [1.29, 1.82) is 0 Å². The number of methoxy groups -OCH3 is 1. The minimum Gasteiger partial charge on any atom is -0.491 e. The summed E-state index contributed by atoms with van der Waals surface area (Å²) in [5, 5.41) is 12.3. The second-order valence-electron chi connectivity index (χ2n) is 7.25. The van der Waals surface area contributed by atoms with Crippen LogP contribution in [0.15, 0.2) is 36.7 Å². The van der Waals surface area contributed by atoms with Gasteiger partial charge in [-0.2, -0.15) is 0 Å². The number of carbonyl (C=O) groups excluding carboxylic acids is 2. The number of ether oxygens (including phenoxy) is 2. The molecule has 0 radical (unpaired) electrons. The van der Waals surface area contributed by atoms with E-state index in [-0.39, 0.29) is 24.5 Å². The lowest BCUT2D eigenvalue weighted by Gasteiger charge is -2.19. The number of nitrogens with two attached hydrogens (primary N) is 1. The third-order valence-electron chi connectivity index (χ3n) is 5.00. The average Bonchev–Trinajstić information content (AvgIpc) is 2.81. The van der Waals surface area contributed by atoms with Crippen molar-refractivity contribution in [2.75, 3.05) is 25.6 Å². The van der Waals surface area contributed by atoms with Gasteiger partial charge in [0.1, 0.15) is 30.3 Å². The molecule has 0 spiro atoms. The Morgan fingerprint density at radius 1 is 1.24 bits per heavy atom. The fraction of sp³-hybridized carbons (Fsp3) is 0.273. The van der Waals surface area contributed by atoms with Crippen molar-refractivity contribution in [2.24, 2.45) is 5.73 Å². The van der Waals surface area contributed by atoms with Gasteiger partial charge in [-0.1, -0.05) is 11.6 Å². The van der Waals surface area contributed by atoms with Crippen molar-refractivity contribution in [2.45, 2.75) is 18.8 Å². The number of primary amides is 1. The van der Waals surface area contributed by atoms with E-state index in [0.717, 1.165) is 0 Å². The number of fused-ring (bicyclic) bond motifs is 1. The SMILES string of the molecule is COCCOc1cc2ncnc(Nc3ccc(F)c(Cl)c3)c2cc1C(CCC(=O)NO)C(N)=O. The molecule has 12 heteroatoms. The van der Waals surface area contributed by atoms with Crippen molar-refractivity contribution in [3.05, 3.63) is 53.1 Å². The zero-order valence-corrected chi connectivity index (χ0v) is 18.9. The van der Waals surface area contributed by atoms with Gasteiger partial charge in [0.15, 0.2) is 0 Å². The van der Waals surface area contributed by atoms with Gasteiger partial charge in [-0.05, 0) is 30.7 Å². The van der Waals surface area contributed by atoms with Gasteiger partial charge in [-0.15, -0.1) is 0 Å². The maximum atomic E-state index is 13.5. The monoisotopic (exact) mass is 491 g/mol. The normalized spacial score (nSPS) is 11.8. The molecule has 3 rings (SSSR count). The second-order valence-corrected chi connectivity index (χ2v) is 7.66. The molecule has 1 atom stereocenters. The van der Waals surface area contributed by atoms with E-state index in [1.54, 1.807) is 12.1 Å². The third-order valence-corrected chi connectivity index (χ3v) is 5.29. The number of benzene rings is 2. The molecule has 5 N–H and O–H groups in total. The highest BCUT2D eigenvalue weighted by Gasteiger charge is 2.25. The summed E-state index contributed by atoms with van der Waals surface area (Å²) < 4.78 is 24.4. The minimum atomic E-state index is -0.910. The Morgan fingerprint density at radius 2 is 2.03 bits per heavy atom. The van der Waals surface area contributed by atoms with Crippen LogP contribution in [-0.2, 0) is 14.3 Å². The lowest BCUT2D eigenvalue weighted by atomic mass is 9.91. The zero-order valence-electron chi connectivity index (χ0n) is 18.2. The molecule has 10 nitrogen and oxygen atoms in total. The number of hydrogen-bond acceptors (Lipinski definition) is 8. The van der Waals surface area contributed by atoms with Crippen LogP contribution in [0.5, 0.6) is 5.75 Å². The molecular weight excluding hydrogens is 469 g/mol. The molecule has 0 fully saturated rings. The van der Waals surface area contributed by atoms with Gasteiger partial charge in [-0.3, -0.25) is 14.8 Å². The van der Waals surface area contributed by atoms with Crippen LogP contribution in [-0.4, -0.2) is 47.3 Å². The first kappa shape index (κ1) is 25.1. The lowest BCUT2D eigenvalue weighted by molar-refractivity contribution is -0.129. The highest BCUT2D eigenvalue weighted by Crippen LogP contribution is 2.36. The molecule has 1 aromatic heterocycles. The maximum Gasteiger partial charge on any atom is 0.243 e. The van der Waals surface area contributed by atoms with E-state index >= 15 is 0 Å². The Balaban J connectivity index is 2.08. The fourth-order valence-electron chi connectivity index (χ4n) is 3.33. The second kappa shape index (κ2) is 11.5. The van der Waals surface area contributed by atoms with E-state index in [9.17, 15) is 14.0 Å². The first-order valence-electron chi connectivity index (χ1n) is 10.2. The number of hydroxylamine groups is 1. The number of halogens is 2. The zero-order chi connectivity index (χ0) is 24.7. The smallest absolute Gasteiger partial charge is 0.243 e. The molecule has 2 amide bonds. The van der Waals surface area contributed by atoms with E-state index in [0.29, 0.717) is 40.3 Å². The fourth-order valence-corrected chi connectivity index (χ4v) is 3.51. The number of anilines is 2. The molecule has 0 saturated heterocycles. The average molecular weight is 492 g/mol. The van der Waals surface area contributed by atoms with Crippen molar-refractivity contribution in [3.8, 4) is 5.75 Å². The summed E-state index contributed by atoms with van der Waals surface area (Å²) in [6, 6.07) is 7.41. The molecule has 1 heterocycles. The van der Waals surface area contributed by atoms with E-state index in [1.165, 1.54) is 37.1 Å². The summed E-state index contributed by atoms with van der Waals surface area (Å²) in [6.07, 6.45) is 1.22. The minimum absolute atomic E-state index is 0.0257. The number of amides is 2. The first-order chi connectivity index (χ1) is 16.3. The molecule has 0 saturated carbocycles. The molecule has 3 aromatic rings.